The number of halogens is 1. The summed E-state index contributed by atoms with van der Waals surface area (Å²) >= 11 is 3.54. The van der Waals surface area contributed by atoms with Gasteiger partial charge < -0.3 is 14.8 Å². The molecule has 2 amide bonds. The van der Waals surface area contributed by atoms with E-state index in [0.717, 1.165) is 45.0 Å². The van der Waals surface area contributed by atoms with Gasteiger partial charge in [-0.1, -0.05) is 76.6 Å². The number of hydrogen-bond donors (Lipinski definition) is 1. The van der Waals surface area contributed by atoms with Crippen molar-refractivity contribution in [3.8, 4) is 0 Å². The number of aromatic amines is 1. The number of nitrogens with one attached hydrogen (secondary N) is 1. The molecule has 0 radical (unpaired) electrons. The Kier molecular flexibility index (Phi) is 5.72. The number of carbonyl (C=O) groups excluding carboxylic acids is 2. The molecule has 2 aliphatic heterocycles. The van der Waals surface area contributed by atoms with Gasteiger partial charge in [0.05, 0.1) is 12.2 Å². The Hall–Kier alpha value is -3.38. The largest absolute Gasteiger partial charge is 0.356 e. The lowest BCUT2D eigenvalue weighted by Crippen LogP contribution is -2.67. The fourth-order valence-corrected chi connectivity index (χ4v) is 6.23. The highest BCUT2D eigenvalue weighted by Gasteiger charge is 2.56. The lowest BCUT2D eigenvalue weighted by Gasteiger charge is -2.51. The number of hydrogen-bond acceptors (Lipinski definition) is 2. The van der Waals surface area contributed by atoms with Crippen molar-refractivity contribution in [2.24, 2.45) is 0 Å². The molecule has 2 aliphatic rings. The van der Waals surface area contributed by atoms with E-state index in [2.05, 4.69) is 51.2 Å². The summed E-state index contributed by atoms with van der Waals surface area (Å²) in [6.45, 7) is 3.10. The zero-order chi connectivity index (χ0) is 24.9. The maximum Gasteiger partial charge on any atom is 0.254 e. The van der Waals surface area contributed by atoms with Gasteiger partial charge in [-0.2, -0.15) is 0 Å². The number of rotatable bonds is 5. The predicted octanol–water partition coefficient (Wildman–Crippen LogP) is 5.59. The van der Waals surface area contributed by atoms with Crippen molar-refractivity contribution in [1.29, 1.82) is 0 Å². The van der Waals surface area contributed by atoms with Crippen molar-refractivity contribution in [1.82, 2.24) is 14.8 Å². The van der Waals surface area contributed by atoms with E-state index >= 15 is 0 Å². The molecule has 0 spiro atoms. The molecular weight excluding hydrogens is 514 g/mol. The standard InChI is InChI=1S/C30H28BrN3O2/c1-30-28-27(23-11-5-6-12-25(23)32-28)24(21-13-15-22(31)16-14-21)18-34(30)26(35)19-33(29(30)36)17-7-10-20-8-3-2-4-9-20/h2-6,8-9,11-16,24,32H,7,10,17-19H2,1H3/t24-,30+/m1/s1. The molecule has 6 heteroatoms. The molecule has 3 aromatic carbocycles. The number of H-pyrrole nitrogens is 1. The number of aromatic nitrogens is 1. The predicted molar refractivity (Wildman–Crippen MR) is 145 cm³/mol. The van der Waals surface area contributed by atoms with Crippen LogP contribution in [0.4, 0.5) is 0 Å². The highest BCUT2D eigenvalue weighted by atomic mass is 79.9. The molecule has 1 aromatic heterocycles. The normalized spacial score (nSPS) is 21.6. The fourth-order valence-electron chi connectivity index (χ4n) is 5.97. The van der Waals surface area contributed by atoms with Gasteiger partial charge in [0.25, 0.3) is 5.91 Å². The van der Waals surface area contributed by atoms with E-state index in [-0.39, 0.29) is 24.3 Å². The third-order valence-electron chi connectivity index (χ3n) is 7.83. The van der Waals surface area contributed by atoms with E-state index in [4.69, 9.17) is 0 Å². The van der Waals surface area contributed by atoms with E-state index in [9.17, 15) is 9.59 Å². The third-order valence-corrected chi connectivity index (χ3v) is 8.35. The van der Waals surface area contributed by atoms with Gasteiger partial charge in [0.1, 0.15) is 0 Å². The van der Waals surface area contributed by atoms with Crippen LogP contribution in [0.1, 0.15) is 41.6 Å². The zero-order valence-electron chi connectivity index (χ0n) is 20.2. The summed E-state index contributed by atoms with van der Waals surface area (Å²) in [4.78, 5) is 34.8. The second kappa shape index (κ2) is 8.93. The maximum atomic E-state index is 14.1. The lowest BCUT2D eigenvalue weighted by molar-refractivity contribution is -0.166. The van der Waals surface area contributed by atoms with Crippen LogP contribution in [0.3, 0.4) is 0 Å². The van der Waals surface area contributed by atoms with Crippen LogP contribution in [0, 0.1) is 0 Å². The Morgan fingerprint density at radius 1 is 0.972 bits per heavy atom. The number of para-hydroxylation sites is 1. The number of fused-ring (bicyclic) bond motifs is 5. The molecule has 4 aromatic rings. The number of benzene rings is 3. The average Bonchev–Trinajstić information content (AvgIpc) is 3.29. The summed E-state index contributed by atoms with van der Waals surface area (Å²) in [5, 5.41) is 1.11. The van der Waals surface area contributed by atoms with Crippen LogP contribution in [-0.4, -0.2) is 46.2 Å². The maximum absolute atomic E-state index is 14.1. The average molecular weight is 542 g/mol. The fraction of sp³-hybridized carbons (Fsp3) is 0.267. The van der Waals surface area contributed by atoms with Gasteiger partial charge in [0, 0.05) is 34.4 Å². The van der Waals surface area contributed by atoms with Crippen LogP contribution in [0.2, 0.25) is 0 Å². The van der Waals surface area contributed by atoms with E-state index < -0.39 is 5.54 Å². The minimum absolute atomic E-state index is 0.00257. The Bertz CT molecular complexity index is 1450. The topological polar surface area (TPSA) is 56.4 Å². The van der Waals surface area contributed by atoms with E-state index in [1.165, 1.54) is 5.56 Å². The summed E-state index contributed by atoms with van der Waals surface area (Å²) < 4.78 is 1.02. The van der Waals surface area contributed by atoms with Gasteiger partial charge in [-0.05, 0) is 54.7 Å². The van der Waals surface area contributed by atoms with E-state index in [1.54, 1.807) is 4.90 Å². The molecule has 1 fully saturated rings. The van der Waals surface area contributed by atoms with E-state index in [1.807, 2.05) is 60.4 Å². The first kappa shape index (κ1) is 23.0. The van der Waals surface area contributed by atoms with Crippen molar-refractivity contribution >= 4 is 38.6 Å². The monoisotopic (exact) mass is 541 g/mol. The number of nitrogens with zero attached hydrogens (tertiary/aromatic N) is 2. The Morgan fingerprint density at radius 2 is 1.69 bits per heavy atom. The van der Waals surface area contributed by atoms with Crippen molar-refractivity contribution in [3.05, 3.63) is 106 Å². The minimum atomic E-state index is -1.05. The number of amides is 2. The molecule has 5 nitrogen and oxygen atoms in total. The molecule has 6 rings (SSSR count). The molecule has 182 valence electrons. The number of piperazine rings is 1. The van der Waals surface area contributed by atoms with Crippen LogP contribution < -0.4 is 0 Å². The molecule has 0 unspecified atom stereocenters. The molecule has 0 bridgehead atoms. The Morgan fingerprint density at radius 3 is 2.47 bits per heavy atom. The molecule has 3 heterocycles. The van der Waals surface area contributed by atoms with E-state index in [0.29, 0.717) is 13.1 Å². The summed E-state index contributed by atoms with van der Waals surface area (Å²) in [7, 11) is 0. The third kappa shape index (κ3) is 3.66. The highest BCUT2D eigenvalue weighted by molar-refractivity contribution is 9.10. The molecule has 2 atom stereocenters. The van der Waals surface area contributed by atoms with Crippen molar-refractivity contribution in [3.63, 3.8) is 0 Å². The molecule has 0 aliphatic carbocycles. The van der Waals surface area contributed by atoms with Gasteiger partial charge in [-0.25, -0.2) is 0 Å². The van der Waals surface area contributed by atoms with Crippen LogP contribution in [0.5, 0.6) is 0 Å². The van der Waals surface area contributed by atoms with Gasteiger partial charge in [-0.15, -0.1) is 0 Å². The lowest BCUT2D eigenvalue weighted by atomic mass is 9.76. The van der Waals surface area contributed by atoms with Gasteiger partial charge in [0.2, 0.25) is 5.91 Å². The molecule has 0 saturated carbocycles. The zero-order valence-corrected chi connectivity index (χ0v) is 21.8. The quantitative estimate of drug-likeness (QED) is 0.357. The minimum Gasteiger partial charge on any atom is -0.356 e. The van der Waals surface area contributed by atoms with Crippen molar-refractivity contribution in [2.75, 3.05) is 19.6 Å². The summed E-state index contributed by atoms with van der Waals surface area (Å²) in [5.74, 6) is -0.0147. The summed E-state index contributed by atoms with van der Waals surface area (Å²) in [5.41, 5.74) is 4.29. The van der Waals surface area contributed by atoms with Crippen LogP contribution >= 0.6 is 15.9 Å². The van der Waals surface area contributed by atoms with Crippen LogP contribution in [0.15, 0.2) is 83.3 Å². The second-order valence-corrected chi connectivity index (χ2v) is 10.9. The molecular formula is C30H28BrN3O2. The molecule has 36 heavy (non-hydrogen) atoms. The summed E-state index contributed by atoms with van der Waals surface area (Å²) in [6, 6.07) is 26.8. The number of aryl methyl sites for hydroxylation is 1. The molecule has 1 N–H and O–H groups in total. The van der Waals surface area contributed by atoms with Gasteiger partial charge in [-0.3, -0.25) is 9.59 Å². The smallest absolute Gasteiger partial charge is 0.254 e. The van der Waals surface area contributed by atoms with Crippen LogP contribution in [-0.2, 0) is 21.5 Å². The second-order valence-electron chi connectivity index (χ2n) is 9.96. The van der Waals surface area contributed by atoms with Crippen molar-refractivity contribution < 1.29 is 9.59 Å². The first-order valence-corrected chi connectivity index (χ1v) is 13.3. The van der Waals surface area contributed by atoms with Gasteiger partial charge >= 0.3 is 0 Å². The number of carbonyl (C=O) groups is 2. The first-order chi connectivity index (χ1) is 17.5. The SMILES string of the molecule is C[C@]12C(=O)N(CCCc3ccccc3)CC(=O)N1C[C@H](c1ccc(Br)cc1)c1c2[nH]c2ccccc12. The van der Waals surface area contributed by atoms with Crippen LogP contribution in [0.25, 0.3) is 10.9 Å². The Labute approximate surface area is 219 Å². The first-order valence-electron chi connectivity index (χ1n) is 12.5. The van der Waals surface area contributed by atoms with Crippen molar-refractivity contribution in [2.45, 2.75) is 31.2 Å². The Balaban J connectivity index is 1.39. The highest BCUT2D eigenvalue weighted by Crippen LogP contribution is 2.48. The summed E-state index contributed by atoms with van der Waals surface area (Å²) in [6.07, 6.45) is 1.70. The van der Waals surface area contributed by atoms with Gasteiger partial charge in [0.15, 0.2) is 5.54 Å². The molecule has 1 saturated heterocycles.